The lowest BCUT2D eigenvalue weighted by molar-refractivity contribution is -0.137. The number of halogens is 3. The third kappa shape index (κ3) is 5.22. The van der Waals surface area contributed by atoms with Crippen LogP contribution < -0.4 is 10.6 Å². The van der Waals surface area contributed by atoms with Crippen LogP contribution in [0, 0.1) is 0 Å². The molecule has 3 N–H and O–H groups in total. The number of H-pyrrole nitrogens is 1. The third-order valence-electron chi connectivity index (χ3n) is 4.07. The molecular weight excluding hydrogens is 385 g/mol. The fraction of sp³-hybridized carbons (Fsp3) is 0.150. The number of aromatic nitrogens is 2. The van der Waals surface area contributed by atoms with Gasteiger partial charge in [0.15, 0.2) is 0 Å². The molecule has 0 bridgehead atoms. The van der Waals surface area contributed by atoms with Crippen LogP contribution in [-0.4, -0.2) is 28.3 Å². The van der Waals surface area contributed by atoms with Crippen molar-refractivity contribution >= 4 is 17.5 Å². The molecule has 6 nitrogen and oxygen atoms in total. The van der Waals surface area contributed by atoms with Crippen LogP contribution in [0.25, 0.3) is 0 Å². The van der Waals surface area contributed by atoms with E-state index in [2.05, 4.69) is 20.6 Å². The molecule has 3 rings (SSSR count). The van der Waals surface area contributed by atoms with E-state index in [4.69, 9.17) is 0 Å². The van der Waals surface area contributed by atoms with Crippen LogP contribution in [0.2, 0.25) is 0 Å². The maximum absolute atomic E-state index is 12.9. The van der Waals surface area contributed by atoms with Crippen LogP contribution >= 0.6 is 0 Å². The summed E-state index contributed by atoms with van der Waals surface area (Å²) in [7, 11) is 0. The number of para-hydroxylation sites is 1. The van der Waals surface area contributed by atoms with Crippen LogP contribution in [0.3, 0.4) is 0 Å². The van der Waals surface area contributed by atoms with Gasteiger partial charge in [-0.05, 0) is 30.3 Å². The molecule has 29 heavy (non-hydrogen) atoms. The van der Waals surface area contributed by atoms with Crippen molar-refractivity contribution in [3.05, 3.63) is 83.4 Å². The van der Waals surface area contributed by atoms with E-state index in [0.717, 1.165) is 24.0 Å². The topological polar surface area (TPSA) is 86.9 Å². The zero-order chi connectivity index (χ0) is 20.9. The highest BCUT2D eigenvalue weighted by molar-refractivity contribution is 6.09. The predicted octanol–water partition coefficient (Wildman–Crippen LogP) is 3.65. The molecule has 0 radical (unpaired) electrons. The maximum Gasteiger partial charge on any atom is 0.416 e. The fourth-order valence-corrected chi connectivity index (χ4v) is 2.65. The molecule has 0 saturated heterocycles. The van der Waals surface area contributed by atoms with E-state index in [9.17, 15) is 22.8 Å². The minimum atomic E-state index is -4.55. The Labute approximate surface area is 164 Å². The van der Waals surface area contributed by atoms with Crippen molar-refractivity contribution in [2.45, 2.75) is 12.6 Å². The summed E-state index contributed by atoms with van der Waals surface area (Å²) < 4.78 is 38.6. The molecule has 150 valence electrons. The number of benzene rings is 2. The fourth-order valence-electron chi connectivity index (χ4n) is 2.65. The molecule has 2 amide bonds. The highest BCUT2D eigenvalue weighted by atomic mass is 19.4. The first-order valence-corrected chi connectivity index (χ1v) is 8.68. The van der Waals surface area contributed by atoms with E-state index in [1.807, 2.05) is 0 Å². The number of carbonyl (C=O) groups excluding carboxylic acids is 2. The average Bonchev–Trinajstić information content (AvgIpc) is 3.21. The molecule has 0 aliphatic rings. The zero-order valence-electron chi connectivity index (χ0n) is 15.1. The zero-order valence-corrected chi connectivity index (χ0v) is 15.1. The number of nitrogens with one attached hydrogen (secondary N) is 3. The molecule has 9 heteroatoms. The van der Waals surface area contributed by atoms with Gasteiger partial charge in [-0.1, -0.05) is 18.2 Å². The second-order valence-corrected chi connectivity index (χ2v) is 6.12. The van der Waals surface area contributed by atoms with Crippen molar-refractivity contribution in [1.29, 1.82) is 0 Å². The Bertz CT molecular complexity index is 1000. The van der Waals surface area contributed by atoms with E-state index in [-0.39, 0.29) is 16.8 Å². The SMILES string of the molecule is O=C(Nc1ccccc1C(=O)NCCc1ncc[nH]1)c1cccc(C(F)(F)F)c1. The number of hydrogen-bond donors (Lipinski definition) is 3. The van der Waals surface area contributed by atoms with Gasteiger partial charge in [-0.2, -0.15) is 13.2 Å². The minimum absolute atomic E-state index is 0.159. The Kier molecular flexibility index (Phi) is 5.96. The molecule has 0 unspecified atom stereocenters. The standard InChI is InChI=1S/C20H17F3N4O2/c21-20(22,23)14-5-3-4-13(12-14)18(28)27-16-7-2-1-6-15(16)19(29)26-9-8-17-24-10-11-25-17/h1-7,10-12H,8-9H2,(H,24,25)(H,26,29)(H,27,28). The Morgan fingerprint density at radius 2 is 1.83 bits per heavy atom. The summed E-state index contributed by atoms with van der Waals surface area (Å²) in [5, 5.41) is 5.23. The number of alkyl halides is 3. The quantitative estimate of drug-likeness (QED) is 0.588. The summed E-state index contributed by atoms with van der Waals surface area (Å²) in [6, 6.07) is 10.3. The van der Waals surface area contributed by atoms with Gasteiger partial charge in [0.1, 0.15) is 5.82 Å². The van der Waals surface area contributed by atoms with E-state index in [1.54, 1.807) is 24.5 Å². The van der Waals surface area contributed by atoms with Crippen molar-refractivity contribution in [2.24, 2.45) is 0 Å². The monoisotopic (exact) mass is 402 g/mol. The van der Waals surface area contributed by atoms with Gasteiger partial charge in [-0.3, -0.25) is 9.59 Å². The summed E-state index contributed by atoms with van der Waals surface area (Å²) in [6.07, 6.45) is -0.773. The number of rotatable bonds is 6. The summed E-state index contributed by atoms with van der Waals surface area (Å²) in [5.41, 5.74) is -0.681. The first-order chi connectivity index (χ1) is 13.8. The lowest BCUT2D eigenvalue weighted by atomic mass is 10.1. The summed E-state index contributed by atoms with van der Waals surface area (Å²) in [5.74, 6) is -0.445. The van der Waals surface area contributed by atoms with Crippen molar-refractivity contribution in [3.8, 4) is 0 Å². The Morgan fingerprint density at radius 3 is 2.55 bits per heavy atom. The number of aromatic amines is 1. The van der Waals surface area contributed by atoms with E-state index >= 15 is 0 Å². The second kappa shape index (κ2) is 8.59. The van der Waals surface area contributed by atoms with Gasteiger partial charge >= 0.3 is 6.18 Å². The summed E-state index contributed by atoms with van der Waals surface area (Å²) in [4.78, 5) is 31.8. The van der Waals surface area contributed by atoms with Gasteiger partial charge in [0, 0.05) is 30.9 Å². The van der Waals surface area contributed by atoms with Crippen molar-refractivity contribution in [1.82, 2.24) is 15.3 Å². The number of imidazole rings is 1. The van der Waals surface area contributed by atoms with Gasteiger partial charge < -0.3 is 15.6 Å². The summed E-state index contributed by atoms with van der Waals surface area (Å²) >= 11 is 0. The molecule has 0 saturated carbocycles. The Hall–Kier alpha value is -3.62. The maximum atomic E-state index is 12.9. The van der Waals surface area contributed by atoms with E-state index in [1.165, 1.54) is 18.2 Å². The first kappa shape index (κ1) is 20.1. The molecule has 0 atom stereocenters. The number of amides is 2. The van der Waals surface area contributed by atoms with Crippen molar-refractivity contribution in [2.75, 3.05) is 11.9 Å². The van der Waals surface area contributed by atoms with Crippen LogP contribution in [0.1, 0.15) is 32.1 Å². The molecule has 1 aromatic heterocycles. The van der Waals surface area contributed by atoms with E-state index in [0.29, 0.717) is 13.0 Å². The second-order valence-electron chi connectivity index (χ2n) is 6.12. The number of anilines is 1. The number of nitrogens with zero attached hydrogens (tertiary/aromatic N) is 1. The molecular formula is C20H17F3N4O2. The van der Waals surface area contributed by atoms with E-state index < -0.39 is 23.6 Å². The van der Waals surface area contributed by atoms with Gasteiger partial charge in [-0.15, -0.1) is 0 Å². The normalized spacial score (nSPS) is 11.1. The highest BCUT2D eigenvalue weighted by Crippen LogP contribution is 2.29. The van der Waals surface area contributed by atoms with Gasteiger partial charge in [0.05, 0.1) is 16.8 Å². The van der Waals surface area contributed by atoms with Crippen LogP contribution in [0.15, 0.2) is 60.9 Å². The van der Waals surface area contributed by atoms with Crippen LogP contribution in [0.5, 0.6) is 0 Å². The molecule has 0 aliphatic heterocycles. The number of carbonyl (C=O) groups is 2. The van der Waals surface area contributed by atoms with Crippen LogP contribution in [-0.2, 0) is 12.6 Å². The minimum Gasteiger partial charge on any atom is -0.352 e. The number of hydrogen-bond acceptors (Lipinski definition) is 3. The summed E-state index contributed by atoms with van der Waals surface area (Å²) in [6.45, 7) is 0.322. The smallest absolute Gasteiger partial charge is 0.352 e. The molecule has 2 aromatic carbocycles. The molecule has 3 aromatic rings. The van der Waals surface area contributed by atoms with Gasteiger partial charge in [0.2, 0.25) is 0 Å². The molecule has 0 fully saturated rings. The third-order valence-corrected chi connectivity index (χ3v) is 4.07. The van der Waals surface area contributed by atoms with Gasteiger partial charge in [0.25, 0.3) is 11.8 Å². The largest absolute Gasteiger partial charge is 0.416 e. The molecule has 1 heterocycles. The van der Waals surface area contributed by atoms with Crippen molar-refractivity contribution in [3.63, 3.8) is 0 Å². The van der Waals surface area contributed by atoms with Crippen LogP contribution in [0.4, 0.5) is 18.9 Å². The Morgan fingerprint density at radius 1 is 1.03 bits per heavy atom. The lowest BCUT2D eigenvalue weighted by Crippen LogP contribution is -2.27. The average molecular weight is 402 g/mol. The molecule has 0 aliphatic carbocycles. The lowest BCUT2D eigenvalue weighted by Gasteiger charge is -2.12. The Balaban J connectivity index is 1.70. The highest BCUT2D eigenvalue weighted by Gasteiger charge is 2.31. The van der Waals surface area contributed by atoms with Gasteiger partial charge in [-0.25, -0.2) is 4.98 Å². The first-order valence-electron chi connectivity index (χ1n) is 8.68. The predicted molar refractivity (Wildman–Crippen MR) is 100 cm³/mol. The molecule has 0 spiro atoms. The van der Waals surface area contributed by atoms with Crippen molar-refractivity contribution < 1.29 is 22.8 Å².